The first-order valence-electron chi connectivity index (χ1n) is 10.5. The summed E-state index contributed by atoms with van der Waals surface area (Å²) in [4.78, 5) is 22.3. The van der Waals surface area contributed by atoms with Gasteiger partial charge >= 0.3 is 0 Å². The van der Waals surface area contributed by atoms with Gasteiger partial charge in [0, 0.05) is 41.6 Å². The second kappa shape index (κ2) is 9.23. The molecule has 2 heterocycles. The van der Waals surface area contributed by atoms with Gasteiger partial charge in [0.05, 0.1) is 11.5 Å². The van der Waals surface area contributed by atoms with Gasteiger partial charge in [-0.1, -0.05) is 47.6 Å². The smallest absolute Gasteiger partial charge is 0.269 e. The molecule has 1 unspecified atom stereocenters. The van der Waals surface area contributed by atoms with Crippen molar-refractivity contribution < 1.29 is 9.45 Å². The van der Waals surface area contributed by atoms with E-state index in [1.165, 1.54) is 11.6 Å². The third kappa shape index (κ3) is 4.81. The van der Waals surface area contributed by atoms with Crippen LogP contribution in [0.5, 0.6) is 0 Å². The number of nitrogens with zero attached hydrogens (tertiary/aromatic N) is 5. The summed E-state index contributed by atoms with van der Waals surface area (Å²) in [7, 11) is 2.01. The second-order valence-electron chi connectivity index (χ2n) is 8.13. The molecule has 164 valence electrons. The van der Waals surface area contributed by atoms with Crippen LogP contribution in [0, 0.1) is 10.1 Å². The van der Waals surface area contributed by atoms with Crippen LogP contribution in [0.1, 0.15) is 49.0 Å². The highest BCUT2D eigenvalue weighted by Crippen LogP contribution is 2.40. The van der Waals surface area contributed by atoms with Gasteiger partial charge in [-0.25, -0.2) is 0 Å². The van der Waals surface area contributed by atoms with Crippen LogP contribution in [0.25, 0.3) is 5.57 Å². The van der Waals surface area contributed by atoms with Crippen molar-refractivity contribution in [1.82, 2.24) is 15.0 Å². The lowest BCUT2D eigenvalue weighted by molar-refractivity contribution is -0.384. The standard InChI is InChI=1S/C24H25N5O3/c1-16-12-21(19-10-7-11-20(13-19)29(30)31)23(17(2)25-16)24-26-22(27-32-24)15-28(3)14-18-8-5-4-6-9-18/h4-11,13,21H,12,14-15H2,1-3H3. The summed E-state index contributed by atoms with van der Waals surface area (Å²) in [6.07, 6.45) is 0.638. The molecule has 2 aromatic carbocycles. The fourth-order valence-corrected chi connectivity index (χ4v) is 4.11. The normalized spacial score (nSPS) is 16.4. The number of aromatic nitrogens is 2. The third-order valence-corrected chi connectivity index (χ3v) is 5.48. The van der Waals surface area contributed by atoms with Crippen LogP contribution >= 0.6 is 0 Å². The Hall–Kier alpha value is -3.65. The molecule has 0 saturated heterocycles. The van der Waals surface area contributed by atoms with Gasteiger partial charge in [-0.05, 0) is 38.4 Å². The van der Waals surface area contributed by atoms with Crippen molar-refractivity contribution in [2.75, 3.05) is 7.05 Å². The van der Waals surface area contributed by atoms with E-state index < -0.39 is 0 Å². The molecule has 1 aromatic heterocycles. The van der Waals surface area contributed by atoms with Crippen molar-refractivity contribution in [2.24, 2.45) is 4.99 Å². The van der Waals surface area contributed by atoms with Crippen molar-refractivity contribution >= 4 is 17.0 Å². The van der Waals surface area contributed by atoms with Crippen LogP contribution in [0.15, 0.2) is 69.8 Å². The summed E-state index contributed by atoms with van der Waals surface area (Å²) in [6.45, 7) is 5.18. The fraction of sp³-hybridized carbons (Fsp3) is 0.292. The maximum atomic E-state index is 11.3. The van der Waals surface area contributed by atoms with E-state index >= 15 is 0 Å². The Kier molecular flexibility index (Phi) is 6.23. The van der Waals surface area contributed by atoms with Gasteiger partial charge in [0.15, 0.2) is 5.82 Å². The summed E-state index contributed by atoms with van der Waals surface area (Å²) < 4.78 is 5.64. The van der Waals surface area contributed by atoms with Gasteiger partial charge in [0.25, 0.3) is 11.6 Å². The average molecular weight is 431 g/mol. The summed E-state index contributed by atoms with van der Waals surface area (Å²) in [6, 6.07) is 16.9. The van der Waals surface area contributed by atoms with Crippen molar-refractivity contribution in [3.8, 4) is 0 Å². The Bertz CT molecular complexity index is 1180. The van der Waals surface area contributed by atoms with E-state index in [0.29, 0.717) is 24.7 Å². The van der Waals surface area contributed by atoms with Crippen molar-refractivity contribution in [3.63, 3.8) is 0 Å². The first-order chi connectivity index (χ1) is 15.4. The largest absolute Gasteiger partial charge is 0.334 e. The van der Waals surface area contributed by atoms with E-state index in [2.05, 4.69) is 32.2 Å². The highest BCUT2D eigenvalue weighted by atomic mass is 16.6. The third-order valence-electron chi connectivity index (χ3n) is 5.48. The molecule has 1 aliphatic rings. The van der Waals surface area contributed by atoms with Gasteiger partial charge in [-0.2, -0.15) is 4.98 Å². The van der Waals surface area contributed by atoms with Crippen LogP contribution < -0.4 is 0 Å². The lowest BCUT2D eigenvalue weighted by Gasteiger charge is -2.24. The lowest BCUT2D eigenvalue weighted by atomic mass is 9.83. The molecule has 8 nitrogen and oxygen atoms in total. The SMILES string of the molecule is CC1=NC(C)=C(c2nc(CN(C)Cc3ccccc3)no2)C(c2cccc([N+](=O)[O-])c2)C1. The molecule has 1 aliphatic heterocycles. The zero-order valence-electron chi connectivity index (χ0n) is 18.4. The monoisotopic (exact) mass is 431 g/mol. The van der Waals surface area contributed by atoms with E-state index in [0.717, 1.165) is 29.1 Å². The zero-order chi connectivity index (χ0) is 22.7. The van der Waals surface area contributed by atoms with Gasteiger partial charge in [0.1, 0.15) is 0 Å². The Morgan fingerprint density at radius 1 is 1.12 bits per heavy atom. The molecule has 32 heavy (non-hydrogen) atoms. The van der Waals surface area contributed by atoms with Crippen LogP contribution in [0.3, 0.4) is 0 Å². The minimum absolute atomic E-state index is 0.0634. The molecule has 1 atom stereocenters. The minimum Gasteiger partial charge on any atom is -0.334 e. The number of nitro groups is 1. The molecule has 0 fully saturated rings. The molecule has 0 saturated carbocycles. The highest BCUT2D eigenvalue weighted by Gasteiger charge is 2.30. The molecule has 4 rings (SSSR count). The Morgan fingerprint density at radius 2 is 1.91 bits per heavy atom. The average Bonchev–Trinajstić information content (AvgIpc) is 3.21. The molecule has 8 heteroatoms. The van der Waals surface area contributed by atoms with E-state index in [1.807, 2.05) is 45.2 Å². The zero-order valence-corrected chi connectivity index (χ0v) is 18.4. The van der Waals surface area contributed by atoms with Crippen LogP contribution in [0.2, 0.25) is 0 Å². The van der Waals surface area contributed by atoms with E-state index in [4.69, 9.17) is 4.52 Å². The predicted octanol–water partition coefficient (Wildman–Crippen LogP) is 4.99. The summed E-state index contributed by atoms with van der Waals surface area (Å²) in [5, 5.41) is 15.5. The fourth-order valence-electron chi connectivity index (χ4n) is 4.11. The Morgan fingerprint density at radius 3 is 2.66 bits per heavy atom. The van der Waals surface area contributed by atoms with Crippen LogP contribution in [-0.4, -0.2) is 32.7 Å². The van der Waals surface area contributed by atoms with Gasteiger partial charge in [-0.15, -0.1) is 0 Å². The second-order valence-corrected chi connectivity index (χ2v) is 8.13. The topological polar surface area (TPSA) is 97.7 Å². The first kappa shape index (κ1) is 21.6. The molecule has 0 aliphatic carbocycles. The Labute approximate surface area is 186 Å². The van der Waals surface area contributed by atoms with Gasteiger partial charge in [0.2, 0.25) is 0 Å². The lowest BCUT2D eigenvalue weighted by Crippen LogP contribution is -2.18. The maximum Gasteiger partial charge on any atom is 0.269 e. The summed E-state index contributed by atoms with van der Waals surface area (Å²) in [5.74, 6) is 0.865. The van der Waals surface area contributed by atoms with Crippen LogP contribution in [-0.2, 0) is 13.1 Å². The van der Waals surface area contributed by atoms with Crippen molar-refractivity contribution in [2.45, 2.75) is 39.3 Å². The van der Waals surface area contributed by atoms with E-state index in [9.17, 15) is 10.1 Å². The molecule has 0 bridgehead atoms. The number of nitro benzene ring substituents is 1. The molecule has 0 radical (unpaired) electrons. The molecule has 0 amide bonds. The number of hydrogen-bond donors (Lipinski definition) is 0. The molecular weight excluding hydrogens is 406 g/mol. The number of rotatable bonds is 7. The van der Waals surface area contributed by atoms with Gasteiger partial charge in [-0.3, -0.25) is 20.0 Å². The highest BCUT2D eigenvalue weighted by molar-refractivity contribution is 5.90. The predicted molar refractivity (Wildman–Crippen MR) is 122 cm³/mol. The minimum atomic E-state index is -0.378. The van der Waals surface area contributed by atoms with E-state index in [-0.39, 0.29) is 16.5 Å². The Balaban J connectivity index is 1.59. The van der Waals surface area contributed by atoms with Crippen molar-refractivity contribution in [3.05, 3.63) is 93.3 Å². The number of aliphatic imine (C=N–C) groups is 1. The number of allylic oxidation sites excluding steroid dienone is 2. The van der Waals surface area contributed by atoms with Crippen LogP contribution in [0.4, 0.5) is 5.69 Å². The number of benzene rings is 2. The quantitative estimate of drug-likeness (QED) is 0.386. The number of non-ortho nitro benzene ring substituents is 1. The van der Waals surface area contributed by atoms with Crippen molar-refractivity contribution in [1.29, 1.82) is 0 Å². The summed E-state index contributed by atoms with van der Waals surface area (Å²) >= 11 is 0. The summed E-state index contributed by atoms with van der Waals surface area (Å²) in [5.41, 5.74) is 4.68. The molecular formula is C24H25N5O3. The molecule has 0 N–H and O–H groups in total. The van der Waals surface area contributed by atoms with Gasteiger partial charge < -0.3 is 4.52 Å². The molecule has 0 spiro atoms. The van der Waals surface area contributed by atoms with E-state index in [1.54, 1.807) is 12.1 Å². The number of hydrogen-bond acceptors (Lipinski definition) is 7. The maximum absolute atomic E-state index is 11.3. The molecule has 3 aromatic rings. The first-order valence-corrected chi connectivity index (χ1v) is 10.5.